The Bertz CT molecular complexity index is 1160. The molecular formula is C25H19BrN2O. The lowest BCUT2D eigenvalue weighted by atomic mass is 10.1. The maximum Gasteiger partial charge on any atom is 0.185 e. The van der Waals surface area contributed by atoms with Gasteiger partial charge in [-0.3, -0.25) is 4.79 Å². The van der Waals surface area contributed by atoms with Gasteiger partial charge in [0.25, 0.3) is 0 Å². The Morgan fingerprint density at radius 2 is 1.62 bits per heavy atom. The third kappa shape index (κ3) is 4.44. The van der Waals surface area contributed by atoms with E-state index in [1.165, 1.54) is 0 Å². The molecule has 4 rings (SSSR count). The molecule has 0 N–H and O–H groups in total. The van der Waals surface area contributed by atoms with Crippen LogP contribution in [0.25, 0.3) is 23.0 Å². The summed E-state index contributed by atoms with van der Waals surface area (Å²) in [6.45, 7) is 2.01. The fourth-order valence-electron chi connectivity index (χ4n) is 3.03. The average Bonchev–Trinajstić information content (AvgIpc) is 3.18. The van der Waals surface area contributed by atoms with Gasteiger partial charge in [0.05, 0.1) is 11.4 Å². The van der Waals surface area contributed by atoms with Crippen molar-refractivity contribution in [2.75, 3.05) is 0 Å². The number of aryl methyl sites for hydroxylation is 1. The zero-order chi connectivity index (χ0) is 20.2. The van der Waals surface area contributed by atoms with Crippen molar-refractivity contribution in [2.45, 2.75) is 6.92 Å². The molecule has 0 aliphatic heterocycles. The van der Waals surface area contributed by atoms with Crippen LogP contribution in [0.15, 0.2) is 95.6 Å². The smallest absolute Gasteiger partial charge is 0.185 e. The molecule has 0 atom stereocenters. The second-order valence-corrected chi connectivity index (χ2v) is 7.70. The predicted molar refractivity (Wildman–Crippen MR) is 121 cm³/mol. The maximum absolute atomic E-state index is 12.6. The molecule has 1 heterocycles. The zero-order valence-electron chi connectivity index (χ0n) is 15.9. The van der Waals surface area contributed by atoms with Gasteiger partial charge in [0.1, 0.15) is 0 Å². The highest BCUT2D eigenvalue weighted by atomic mass is 79.9. The van der Waals surface area contributed by atoms with E-state index in [0.29, 0.717) is 5.56 Å². The third-order valence-electron chi connectivity index (χ3n) is 4.63. The monoisotopic (exact) mass is 442 g/mol. The van der Waals surface area contributed by atoms with Crippen LogP contribution in [0.4, 0.5) is 0 Å². The van der Waals surface area contributed by atoms with E-state index in [0.717, 1.165) is 32.5 Å². The number of hydrogen-bond donors (Lipinski definition) is 0. The van der Waals surface area contributed by atoms with Crippen molar-refractivity contribution < 1.29 is 4.79 Å². The number of allylic oxidation sites excluding steroid dienone is 1. The summed E-state index contributed by atoms with van der Waals surface area (Å²) in [6, 6.07) is 25.5. The predicted octanol–water partition coefficient (Wildman–Crippen LogP) is 6.51. The van der Waals surface area contributed by atoms with Crippen LogP contribution in [0, 0.1) is 6.92 Å². The van der Waals surface area contributed by atoms with Crippen LogP contribution in [0.5, 0.6) is 0 Å². The van der Waals surface area contributed by atoms with Crippen molar-refractivity contribution in [1.29, 1.82) is 0 Å². The van der Waals surface area contributed by atoms with Crippen molar-refractivity contribution in [3.8, 4) is 16.9 Å². The topological polar surface area (TPSA) is 34.9 Å². The molecule has 0 spiro atoms. The second-order valence-electron chi connectivity index (χ2n) is 6.78. The Morgan fingerprint density at radius 3 is 2.31 bits per heavy atom. The lowest BCUT2D eigenvalue weighted by molar-refractivity contribution is 0.104. The Morgan fingerprint density at radius 1 is 0.931 bits per heavy atom. The summed E-state index contributed by atoms with van der Waals surface area (Å²) in [5, 5.41) is 4.78. The first-order valence-corrected chi connectivity index (χ1v) is 10.1. The minimum atomic E-state index is -0.0285. The highest BCUT2D eigenvalue weighted by Crippen LogP contribution is 2.26. The summed E-state index contributed by atoms with van der Waals surface area (Å²) in [4.78, 5) is 12.6. The Balaban J connectivity index is 1.72. The van der Waals surface area contributed by atoms with E-state index < -0.39 is 0 Å². The van der Waals surface area contributed by atoms with Crippen molar-refractivity contribution in [3.63, 3.8) is 0 Å². The van der Waals surface area contributed by atoms with Gasteiger partial charge in [-0.15, -0.1) is 0 Å². The van der Waals surface area contributed by atoms with E-state index >= 15 is 0 Å². The van der Waals surface area contributed by atoms with Crippen LogP contribution < -0.4 is 0 Å². The Labute approximate surface area is 178 Å². The molecule has 4 aromatic rings. The van der Waals surface area contributed by atoms with Crippen LogP contribution >= 0.6 is 15.9 Å². The number of carbonyl (C=O) groups is 1. The van der Waals surface area contributed by atoms with Crippen LogP contribution in [0.3, 0.4) is 0 Å². The van der Waals surface area contributed by atoms with Gasteiger partial charge in [0.2, 0.25) is 0 Å². The number of halogens is 1. The number of benzene rings is 3. The second kappa shape index (κ2) is 8.41. The molecule has 142 valence electrons. The molecule has 0 saturated carbocycles. The van der Waals surface area contributed by atoms with E-state index in [9.17, 15) is 4.79 Å². The summed E-state index contributed by atoms with van der Waals surface area (Å²) >= 11 is 3.47. The molecule has 3 aromatic carbocycles. The lowest BCUT2D eigenvalue weighted by Gasteiger charge is -2.01. The highest BCUT2D eigenvalue weighted by Gasteiger charge is 2.11. The summed E-state index contributed by atoms with van der Waals surface area (Å²) in [5.74, 6) is -0.0285. The molecule has 0 fully saturated rings. The molecule has 0 aliphatic carbocycles. The molecule has 1 aromatic heterocycles. The number of para-hydroxylation sites is 1. The standard InChI is InChI=1S/C25H19BrN2O/c1-18-7-9-19(10-8-18)24(29)16-13-21-17-28(23-5-3-2-4-6-23)27-25(21)20-11-14-22(26)15-12-20/h2-17H,1H3. The number of hydrogen-bond acceptors (Lipinski definition) is 2. The zero-order valence-corrected chi connectivity index (χ0v) is 17.5. The molecule has 29 heavy (non-hydrogen) atoms. The van der Waals surface area contributed by atoms with E-state index in [4.69, 9.17) is 5.10 Å². The Hall–Kier alpha value is -3.24. The van der Waals surface area contributed by atoms with Crippen molar-refractivity contribution in [3.05, 3.63) is 112 Å². The largest absolute Gasteiger partial charge is 0.289 e. The summed E-state index contributed by atoms with van der Waals surface area (Å²) in [7, 11) is 0. The van der Waals surface area contributed by atoms with Crippen LogP contribution in [-0.4, -0.2) is 15.6 Å². The van der Waals surface area contributed by atoms with Gasteiger partial charge >= 0.3 is 0 Å². The van der Waals surface area contributed by atoms with Crippen LogP contribution in [-0.2, 0) is 0 Å². The van der Waals surface area contributed by atoms with E-state index in [1.54, 1.807) is 6.08 Å². The van der Waals surface area contributed by atoms with E-state index in [2.05, 4.69) is 15.9 Å². The van der Waals surface area contributed by atoms with E-state index in [-0.39, 0.29) is 5.78 Å². The summed E-state index contributed by atoms with van der Waals surface area (Å²) in [6.07, 6.45) is 5.40. The minimum absolute atomic E-state index is 0.0285. The van der Waals surface area contributed by atoms with Gasteiger partial charge < -0.3 is 0 Å². The number of aromatic nitrogens is 2. The number of nitrogens with zero attached hydrogens (tertiary/aromatic N) is 2. The quantitative estimate of drug-likeness (QED) is 0.261. The van der Waals surface area contributed by atoms with Gasteiger partial charge in [0, 0.05) is 27.4 Å². The SMILES string of the molecule is Cc1ccc(C(=O)C=Cc2cn(-c3ccccc3)nc2-c2ccc(Br)cc2)cc1. The molecule has 0 bridgehead atoms. The van der Waals surface area contributed by atoms with Gasteiger partial charge in [-0.05, 0) is 43.3 Å². The molecule has 0 radical (unpaired) electrons. The molecule has 0 amide bonds. The maximum atomic E-state index is 12.6. The average molecular weight is 443 g/mol. The fraction of sp³-hybridized carbons (Fsp3) is 0.0400. The molecular weight excluding hydrogens is 424 g/mol. The van der Waals surface area contributed by atoms with Gasteiger partial charge in [0.15, 0.2) is 5.78 Å². The number of rotatable bonds is 5. The lowest BCUT2D eigenvalue weighted by Crippen LogP contribution is -1.93. The van der Waals surface area contributed by atoms with Crippen molar-refractivity contribution in [1.82, 2.24) is 9.78 Å². The number of ketones is 1. The van der Waals surface area contributed by atoms with Gasteiger partial charge in [-0.1, -0.05) is 76.1 Å². The van der Waals surface area contributed by atoms with Crippen molar-refractivity contribution in [2.24, 2.45) is 0 Å². The number of carbonyl (C=O) groups excluding carboxylic acids is 1. The molecule has 0 aliphatic rings. The van der Waals surface area contributed by atoms with Gasteiger partial charge in [-0.25, -0.2) is 4.68 Å². The molecule has 0 unspecified atom stereocenters. The first kappa shape index (κ1) is 19.1. The van der Waals surface area contributed by atoms with E-state index in [1.807, 2.05) is 103 Å². The molecule has 0 saturated heterocycles. The first-order chi connectivity index (χ1) is 14.1. The van der Waals surface area contributed by atoms with Crippen LogP contribution in [0.1, 0.15) is 21.5 Å². The first-order valence-electron chi connectivity index (χ1n) is 9.30. The summed E-state index contributed by atoms with van der Waals surface area (Å²) in [5.41, 5.74) is 5.48. The molecule has 4 heteroatoms. The molecule has 3 nitrogen and oxygen atoms in total. The fourth-order valence-corrected chi connectivity index (χ4v) is 3.30. The normalized spacial score (nSPS) is 11.1. The highest BCUT2D eigenvalue weighted by molar-refractivity contribution is 9.10. The minimum Gasteiger partial charge on any atom is -0.289 e. The summed E-state index contributed by atoms with van der Waals surface area (Å²) < 4.78 is 2.85. The van der Waals surface area contributed by atoms with Gasteiger partial charge in [-0.2, -0.15) is 5.10 Å². The van der Waals surface area contributed by atoms with Crippen molar-refractivity contribution >= 4 is 27.8 Å². The van der Waals surface area contributed by atoms with Crippen LogP contribution in [0.2, 0.25) is 0 Å². The Kier molecular flexibility index (Phi) is 5.54. The third-order valence-corrected chi connectivity index (χ3v) is 5.16.